The molecule has 0 aromatic rings. The van der Waals surface area contributed by atoms with Gasteiger partial charge in [-0.3, -0.25) is 4.79 Å². The number of carbonyl (C=O) groups is 1. The molecule has 9 atom stereocenters. The van der Waals surface area contributed by atoms with Crippen LogP contribution in [0.4, 0.5) is 0 Å². The number of Topliss-reactive ketones (excluding diaryl/α,β-unsaturated/α-hetero) is 1. The van der Waals surface area contributed by atoms with Crippen molar-refractivity contribution in [1.29, 1.82) is 0 Å². The van der Waals surface area contributed by atoms with E-state index in [-0.39, 0.29) is 46.6 Å². The second-order valence-corrected chi connectivity index (χ2v) is 9.47. The molecular weight excluding hydrogens is 292 g/mol. The summed E-state index contributed by atoms with van der Waals surface area (Å²) in [5.74, 6) is 1.07. The van der Waals surface area contributed by atoms with Crippen LogP contribution in [0, 0.1) is 34.5 Å². The van der Waals surface area contributed by atoms with Crippen molar-refractivity contribution in [3.05, 3.63) is 0 Å². The van der Waals surface area contributed by atoms with Gasteiger partial charge in [0.25, 0.3) is 0 Å². The van der Waals surface area contributed by atoms with E-state index in [1.54, 1.807) is 0 Å². The van der Waals surface area contributed by atoms with Crippen LogP contribution in [-0.4, -0.2) is 39.4 Å². The fourth-order valence-electron chi connectivity index (χ4n) is 7.26. The fourth-order valence-corrected chi connectivity index (χ4v) is 7.26. The number of rotatable bonds is 0. The maximum atomic E-state index is 11.9. The zero-order chi connectivity index (χ0) is 16.6. The Bertz CT molecular complexity index is 519. The second-order valence-electron chi connectivity index (χ2n) is 9.47. The average molecular weight is 322 g/mol. The first kappa shape index (κ1) is 16.0. The number of carbonyl (C=O) groups excluding carboxylic acids is 1. The Hall–Kier alpha value is -0.450. The molecule has 4 aliphatic rings. The molecule has 4 fully saturated rings. The Morgan fingerprint density at radius 2 is 1.74 bits per heavy atom. The van der Waals surface area contributed by atoms with Crippen LogP contribution in [0.5, 0.6) is 0 Å². The highest BCUT2D eigenvalue weighted by Crippen LogP contribution is 2.65. The molecule has 4 heteroatoms. The Morgan fingerprint density at radius 3 is 2.48 bits per heavy atom. The van der Waals surface area contributed by atoms with Gasteiger partial charge < -0.3 is 15.3 Å². The highest BCUT2D eigenvalue weighted by Gasteiger charge is 2.63. The summed E-state index contributed by atoms with van der Waals surface area (Å²) in [6.07, 6.45) is 3.76. The van der Waals surface area contributed by atoms with E-state index in [1.807, 2.05) is 0 Å². The van der Waals surface area contributed by atoms with Crippen LogP contribution in [0.2, 0.25) is 0 Å². The van der Waals surface area contributed by atoms with Crippen LogP contribution in [0.15, 0.2) is 0 Å². The van der Waals surface area contributed by atoms with Gasteiger partial charge in [0, 0.05) is 12.8 Å². The molecule has 4 saturated carbocycles. The summed E-state index contributed by atoms with van der Waals surface area (Å²) in [5.41, 5.74) is -0.155. The molecule has 0 aliphatic heterocycles. The molecule has 0 aromatic carbocycles. The maximum absolute atomic E-state index is 11.9. The monoisotopic (exact) mass is 322 g/mol. The third-order valence-corrected chi connectivity index (χ3v) is 8.17. The highest BCUT2D eigenvalue weighted by molar-refractivity contribution is 5.79. The lowest BCUT2D eigenvalue weighted by atomic mass is 9.44. The molecule has 4 nitrogen and oxygen atoms in total. The lowest BCUT2D eigenvalue weighted by molar-refractivity contribution is -0.195. The van der Waals surface area contributed by atoms with Gasteiger partial charge in [-0.25, -0.2) is 0 Å². The van der Waals surface area contributed by atoms with E-state index in [0.717, 1.165) is 25.7 Å². The van der Waals surface area contributed by atoms with Crippen LogP contribution in [0.3, 0.4) is 0 Å². The Kier molecular flexibility index (Phi) is 3.51. The molecule has 0 amide bonds. The van der Waals surface area contributed by atoms with Crippen LogP contribution in [0.1, 0.15) is 58.8 Å². The van der Waals surface area contributed by atoms with Crippen molar-refractivity contribution in [3.63, 3.8) is 0 Å². The SMILES string of the molecule is C[C@@]12C[C@@H](O)C[C@H]1[C@@H]1C[C@H](O)[C@H]3CC(=O)CC[C@]3(C)[C@H]1[C@H](O)C2. The summed E-state index contributed by atoms with van der Waals surface area (Å²) in [4.78, 5) is 11.9. The quantitative estimate of drug-likeness (QED) is 0.636. The van der Waals surface area contributed by atoms with E-state index in [4.69, 9.17) is 0 Å². The van der Waals surface area contributed by atoms with Gasteiger partial charge in [-0.2, -0.15) is 0 Å². The molecule has 0 bridgehead atoms. The van der Waals surface area contributed by atoms with Crippen molar-refractivity contribution in [2.24, 2.45) is 34.5 Å². The largest absolute Gasteiger partial charge is 0.393 e. The smallest absolute Gasteiger partial charge is 0.133 e. The summed E-state index contributed by atoms with van der Waals surface area (Å²) in [6, 6.07) is 0. The predicted octanol–water partition coefficient (Wildman–Crippen LogP) is 1.90. The lowest BCUT2D eigenvalue weighted by Gasteiger charge is -2.62. The van der Waals surface area contributed by atoms with E-state index in [2.05, 4.69) is 13.8 Å². The first-order valence-electron chi connectivity index (χ1n) is 9.30. The van der Waals surface area contributed by atoms with Gasteiger partial charge in [-0.15, -0.1) is 0 Å². The van der Waals surface area contributed by atoms with Gasteiger partial charge in [0.05, 0.1) is 18.3 Å². The van der Waals surface area contributed by atoms with E-state index in [0.29, 0.717) is 25.2 Å². The normalized spacial score (nSPS) is 59.2. The van der Waals surface area contributed by atoms with Crippen LogP contribution >= 0.6 is 0 Å². The number of fused-ring (bicyclic) bond motifs is 5. The zero-order valence-electron chi connectivity index (χ0n) is 14.2. The minimum atomic E-state index is -0.446. The Labute approximate surface area is 138 Å². The summed E-state index contributed by atoms with van der Waals surface area (Å²) < 4.78 is 0. The van der Waals surface area contributed by atoms with Crippen molar-refractivity contribution in [2.45, 2.75) is 77.1 Å². The maximum Gasteiger partial charge on any atom is 0.133 e. The van der Waals surface area contributed by atoms with Crippen LogP contribution in [0.25, 0.3) is 0 Å². The number of hydrogen-bond acceptors (Lipinski definition) is 4. The van der Waals surface area contributed by atoms with Crippen molar-refractivity contribution >= 4 is 5.78 Å². The number of ketones is 1. The zero-order valence-corrected chi connectivity index (χ0v) is 14.2. The Balaban J connectivity index is 1.72. The average Bonchev–Trinajstić information content (AvgIpc) is 2.74. The molecule has 130 valence electrons. The fraction of sp³-hybridized carbons (Fsp3) is 0.947. The summed E-state index contributed by atoms with van der Waals surface area (Å²) in [6.45, 7) is 4.40. The molecule has 23 heavy (non-hydrogen) atoms. The summed E-state index contributed by atoms with van der Waals surface area (Å²) >= 11 is 0. The molecule has 0 unspecified atom stereocenters. The van der Waals surface area contributed by atoms with E-state index < -0.39 is 6.10 Å². The van der Waals surface area contributed by atoms with Crippen LogP contribution < -0.4 is 0 Å². The first-order chi connectivity index (χ1) is 10.7. The molecule has 0 saturated heterocycles. The standard InChI is InChI=1S/C19H30O4/c1-18-8-11(21)6-13(18)12-7-15(22)14-5-10(20)3-4-19(14,2)17(12)16(23)9-18/h11-17,21-23H,3-9H2,1-2H3/t11-,12-,13-,14+,15-,16+,17+,18-,19-/m0/s1. The van der Waals surface area contributed by atoms with Crippen molar-refractivity contribution in [3.8, 4) is 0 Å². The van der Waals surface area contributed by atoms with Gasteiger partial charge in [0.2, 0.25) is 0 Å². The molecule has 3 N–H and O–H groups in total. The van der Waals surface area contributed by atoms with Gasteiger partial charge in [0.1, 0.15) is 5.78 Å². The third-order valence-electron chi connectivity index (χ3n) is 8.17. The molecule has 4 aliphatic carbocycles. The van der Waals surface area contributed by atoms with E-state index in [1.165, 1.54) is 0 Å². The number of hydrogen-bond donors (Lipinski definition) is 3. The first-order valence-corrected chi connectivity index (χ1v) is 9.30. The summed E-state index contributed by atoms with van der Waals surface area (Å²) in [7, 11) is 0. The van der Waals surface area contributed by atoms with Crippen molar-refractivity contribution in [2.75, 3.05) is 0 Å². The van der Waals surface area contributed by atoms with Gasteiger partial charge in [-0.05, 0) is 66.6 Å². The van der Waals surface area contributed by atoms with Gasteiger partial charge in [-0.1, -0.05) is 13.8 Å². The molecule has 4 rings (SSSR count). The Morgan fingerprint density at radius 1 is 1.00 bits per heavy atom. The van der Waals surface area contributed by atoms with Crippen LogP contribution in [-0.2, 0) is 4.79 Å². The topological polar surface area (TPSA) is 77.8 Å². The van der Waals surface area contributed by atoms with Crippen molar-refractivity contribution < 1.29 is 20.1 Å². The summed E-state index contributed by atoms with van der Waals surface area (Å²) in [5, 5.41) is 32.0. The molecule has 0 heterocycles. The number of aliphatic hydroxyl groups excluding tert-OH is 3. The minimum absolute atomic E-state index is 0.00432. The molecule has 0 radical (unpaired) electrons. The molecule has 0 spiro atoms. The second kappa shape index (κ2) is 5.03. The lowest BCUT2D eigenvalue weighted by Crippen LogP contribution is -2.61. The highest BCUT2D eigenvalue weighted by atomic mass is 16.3. The van der Waals surface area contributed by atoms with Gasteiger partial charge in [0.15, 0.2) is 0 Å². The van der Waals surface area contributed by atoms with Crippen molar-refractivity contribution in [1.82, 2.24) is 0 Å². The third kappa shape index (κ3) is 2.17. The minimum Gasteiger partial charge on any atom is -0.393 e. The van der Waals surface area contributed by atoms with E-state index >= 15 is 0 Å². The molecule has 0 aromatic heterocycles. The number of aliphatic hydroxyl groups is 3. The van der Waals surface area contributed by atoms with Gasteiger partial charge >= 0.3 is 0 Å². The van der Waals surface area contributed by atoms with E-state index in [9.17, 15) is 20.1 Å². The molecular formula is C19H30O4. The predicted molar refractivity (Wildman–Crippen MR) is 85.5 cm³/mol.